The van der Waals surface area contributed by atoms with Crippen LogP contribution in [0.15, 0.2) is 16.6 Å². The van der Waals surface area contributed by atoms with Crippen LogP contribution in [0, 0.1) is 18.6 Å². The number of anilines is 3. The van der Waals surface area contributed by atoms with E-state index in [-0.39, 0.29) is 16.2 Å². The van der Waals surface area contributed by atoms with E-state index < -0.39 is 11.6 Å². The molecule has 0 spiro atoms. The smallest absolute Gasteiger partial charge is 0.152 e. The van der Waals surface area contributed by atoms with Crippen molar-refractivity contribution < 1.29 is 8.78 Å². The molecule has 108 valence electrons. The maximum absolute atomic E-state index is 13.8. The summed E-state index contributed by atoms with van der Waals surface area (Å²) in [6.07, 6.45) is 0. The zero-order valence-electron chi connectivity index (χ0n) is 11.3. The second-order valence-corrected chi connectivity index (χ2v) is 5.61. The second kappa shape index (κ2) is 5.40. The molecule has 7 heteroatoms. The first-order valence-corrected chi connectivity index (χ1v) is 6.86. The minimum atomic E-state index is -0.695. The highest BCUT2D eigenvalue weighted by Crippen LogP contribution is 2.31. The molecule has 0 atom stereocenters. The fraction of sp³-hybridized carbons (Fsp3) is 0.308. The Kier molecular flexibility index (Phi) is 3.99. The monoisotopic (exact) mass is 344 g/mol. The van der Waals surface area contributed by atoms with E-state index in [2.05, 4.69) is 26.3 Å². The van der Waals surface area contributed by atoms with Crippen molar-refractivity contribution >= 4 is 33.1 Å². The maximum atomic E-state index is 13.8. The molecule has 0 saturated heterocycles. The lowest BCUT2D eigenvalue weighted by Gasteiger charge is -2.14. The number of benzene rings is 1. The van der Waals surface area contributed by atoms with Gasteiger partial charge in [-0.2, -0.15) is 5.10 Å². The second-order valence-electron chi connectivity index (χ2n) is 4.76. The lowest BCUT2D eigenvalue weighted by Crippen LogP contribution is -2.09. The molecule has 1 aromatic heterocycles. The van der Waals surface area contributed by atoms with E-state index in [0.29, 0.717) is 17.2 Å². The highest BCUT2D eigenvalue weighted by molar-refractivity contribution is 9.10. The van der Waals surface area contributed by atoms with Gasteiger partial charge in [-0.05, 0) is 42.8 Å². The molecule has 1 aromatic carbocycles. The summed E-state index contributed by atoms with van der Waals surface area (Å²) in [7, 11) is 0. The first-order valence-electron chi connectivity index (χ1n) is 6.07. The van der Waals surface area contributed by atoms with Crippen molar-refractivity contribution in [1.29, 1.82) is 0 Å². The molecule has 2 rings (SSSR count). The van der Waals surface area contributed by atoms with Crippen LogP contribution in [0.3, 0.4) is 0 Å². The number of rotatable bonds is 3. The molecule has 20 heavy (non-hydrogen) atoms. The van der Waals surface area contributed by atoms with Gasteiger partial charge in [0.05, 0.1) is 21.5 Å². The number of nitrogens with two attached hydrogens (primary N) is 1. The van der Waals surface area contributed by atoms with Gasteiger partial charge in [0.15, 0.2) is 5.82 Å². The summed E-state index contributed by atoms with van der Waals surface area (Å²) in [4.78, 5) is 0. The standard InChI is InChI=1S/C13H15BrF2N4/c1-6(2)20-13(12(17)7(3)19-20)18-11-4-8(14)9(15)5-10(11)16/h4-6,18H,17H2,1-3H3. The van der Waals surface area contributed by atoms with E-state index in [1.54, 1.807) is 11.6 Å². The van der Waals surface area contributed by atoms with Gasteiger partial charge < -0.3 is 11.1 Å². The van der Waals surface area contributed by atoms with Crippen molar-refractivity contribution in [2.24, 2.45) is 0 Å². The summed E-state index contributed by atoms with van der Waals surface area (Å²) >= 11 is 3.03. The van der Waals surface area contributed by atoms with Crippen molar-refractivity contribution in [2.45, 2.75) is 26.8 Å². The molecule has 0 saturated carbocycles. The average molecular weight is 345 g/mol. The zero-order valence-corrected chi connectivity index (χ0v) is 12.9. The topological polar surface area (TPSA) is 55.9 Å². The first kappa shape index (κ1) is 14.8. The van der Waals surface area contributed by atoms with Gasteiger partial charge in [-0.1, -0.05) is 0 Å². The van der Waals surface area contributed by atoms with Crippen LogP contribution in [0.5, 0.6) is 0 Å². The largest absolute Gasteiger partial charge is 0.394 e. The van der Waals surface area contributed by atoms with E-state index in [1.807, 2.05) is 13.8 Å². The lowest BCUT2D eigenvalue weighted by atomic mass is 10.3. The molecule has 0 aliphatic rings. The molecule has 0 aliphatic heterocycles. The van der Waals surface area contributed by atoms with Crippen LogP contribution >= 0.6 is 15.9 Å². The Morgan fingerprint density at radius 1 is 1.30 bits per heavy atom. The number of hydrogen-bond acceptors (Lipinski definition) is 3. The predicted molar refractivity (Wildman–Crippen MR) is 79.1 cm³/mol. The van der Waals surface area contributed by atoms with E-state index in [0.717, 1.165) is 6.07 Å². The maximum Gasteiger partial charge on any atom is 0.152 e. The number of nitrogens with one attached hydrogen (secondary N) is 1. The van der Waals surface area contributed by atoms with Gasteiger partial charge in [-0.3, -0.25) is 0 Å². The minimum absolute atomic E-state index is 0.0560. The molecule has 0 unspecified atom stereocenters. The quantitative estimate of drug-likeness (QED) is 0.822. The van der Waals surface area contributed by atoms with Gasteiger partial charge in [0.1, 0.15) is 11.6 Å². The van der Waals surface area contributed by atoms with Gasteiger partial charge in [0.25, 0.3) is 0 Å². The average Bonchev–Trinajstić information content (AvgIpc) is 2.64. The molecule has 0 fully saturated rings. The van der Waals surface area contributed by atoms with Crippen LogP contribution in [-0.2, 0) is 0 Å². The molecular formula is C13H15BrF2N4. The third-order valence-corrected chi connectivity index (χ3v) is 3.49. The number of hydrogen-bond donors (Lipinski definition) is 2. The van der Waals surface area contributed by atoms with Gasteiger partial charge in [0, 0.05) is 12.1 Å². The minimum Gasteiger partial charge on any atom is -0.394 e. The Bertz CT molecular complexity index is 652. The molecule has 0 aliphatic carbocycles. The summed E-state index contributed by atoms with van der Waals surface area (Å²) in [5, 5.41) is 7.18. The van der Waals surface area contributed by atoms with Crippen LogP contribution in [0.4, 0.5) is 26.0 Å². The Morgan fingerprint density at radius 2 is 1.95 bits per heavy atom. The predicted octanol–water partition coefficient (Wildman–Crippen LogP) is 4.14. The molecule has 0 amide bonds. The fourth-order valence-corrected chi connectivity index (χ4v) is 2.15. The van der Waals surface area contributed by atoms with Crippen LogP contribution in [0.1, 0.15) is 25.6 Å². The number of nitrogen functional groups attached to an aromatic ring is 1. The van der Waals surface area contributed by atoms with Crippen molar-refractivity contribution in [3.63, 3.8) is 0 Å². The molecule has 3 N–H and O–H groups in total. The number of nitrogens with zero attached hydrogens (tertiary/aromatic N) is 2. The van der Waals surface area contributed by atoms with Crippen molar-refractivity contribution in [3.05, 3.63) is 33.9 Å². The number of aryl methyl sites for hydroxylation is 1. The van der Waals surface area contributed by atoms with Crippen molar-refractivity contribution in [2.75, 3.05) is 11.1 Å². The molecule has 0 radical (unpaired) electrons. The third-order valence-electron chi connectivity index (χ3n) is 2.88. The van der Waals surface area contributed by atoms with Crippen molar-refractivity contribution in [1.82, 2.24) is 9.78 Å². The van der Waals surface area contributed by atoms with Crippen LogP contribution in [0.2, 0.25) is 0 Å². The Balaban J connectivity index is 2.47. The van der Waals surface area contributed by atoms with Crippen molar-refractivity contribution in [3.8, 4) is 0 Å². The zero-order chi connectivity index (χ0) is 15.0. The van der Waals surface area contributed by atoms with Gasteiger partial charge in [0.2, 0.25) is 0 Å². The van der Waals surface area contributed by atoms with Crippen LogP contribution in [0.25, 0.3) is 0 Å². The Hall–Kier alpha value is -1.63. The highest BCUT2D eigenvalue weighted by atomic mass is 79.9. The lowest BCUT2D eigenvalue weighted by molar-refractivity contribution is 0.535. The third kappa shape index (κ3) is 2.63. The number of aromatic nitrogens is 2. The van der Waals surface area contributed by atoms with E-state index in [4.69, 9.17) is 5.73 Å². The van der Waals surface area contributed by atoms with Crippen LogP contribution < -0.4 is 11.1 Å². The number of halogens is 3. The SMILES string of the molecule is Cc1nn(C(C)C)c(Nc2cc(Br)c(F)cc2F)c1N. The Morgan fingerprint density at radius 3 is 2.55 bits per heavy atom. The highest BCUT2D eigenvalue weighted by Gasteiger charge is 2.17. The summed E-state index contributed by atoms with van der Waals surface area (Å²) in [5.41, 5.74) is 7.18. The summed E-state index contributed by atoms with van der Waals surface area (Å²) in [6.45, 7) is 5.65. The Labute approximate surface area is 124 Å². The van der Waals surface area contributed by atoms with Gasteiger partial charge in [-0.15, -0.1) is 0 Å². The fourth-order valence-electron chi connectivity index (χ4n) is 1.80. The molecule has 4 nitrogen and oxygen atoms in total. The summed E-state index contributed by atoms with van der Waals surface area (Å²) in [5.74, 6) is -0.858. The normalized spacial score (nSPS) is 11.2. The molecule has 2 aromatic rings. The van der Waals surface area contributed by atoms with E-state index in [1.165, 1.54) is 6.07 Å². The first-order chi connectivity index (χ1) is 9.31. The molecular weight excluding hydrogens is 330 g/mol. The van der Waals surface area contributed by atoms with Crippen LogP contribution in [-0.4, -0.2) is 9.78 Å². The molecule has 1 heterocycles. The summed E-state index contributed by atoms with van der Waals surface area (Å²) in [6, 6.07) is 2.20. The van der Waals surface area contributed by atoms with E-state index in [9.17, 15) is 8.78 Å². The van der Waals surface area contributed by atoms with Gasteiger partial charge in [-0.25, -0.2) is 13.5 Å². The van der Waals surface area contributed by atoms with E-state index >= 15 is 0 Å². The van der Waals surface area contributed by atoms with Gasteiger partial charge >= 0.3 is 0 Å². The summed E-state index contributed by atoms with van der Waals surface area (Å²) < 4.78 is 28.9. The molecule has 0 bridgehead atoms.